The van der Waals surface area contributed by atoms with Crippen molar-refractivity contribution in [2.24, 2.45) is 10.9 Å². The number of hydrogen-bond donors (Lipinski definition) is 2. The summed E-state index contributed by atoms with van der Waals surface area (Å²) in [7, 11) is 1.74. The molecule has 2 aliphatic rings. The van der Waals surface area contributed by atoms with Gasteiger partial charge in [0.05, 0.1) is 26.0 Å². The molecule has 164 valence electrons. The van der Waals surface area contributed by atoms with Gasteiger partial charge < -0.3 is 25.0 Å². The lowest BCUT2D eigenvalue weighted by molar-refractivity contribution is 0.0389. The van der Waals surface area contributed by atoms with Gasteiger partial charge in [0.15, 0.2) is 5.96 Å². The van der Waals surface area contributed by atoms with Gasteiger partial charge in [-0.15, -0.1) is 24.0 Å². The Morgan fingerprint density at radius 1 is 1.21 bits per heavy atom. The minimum atomic E-state index is 0. The van der Waals surface area contributed by atoms with Crippen molar-refractivity contribution in [3.63, 3.8) is 0 Å². The first-order valence-electron chi connectivity index (χ1n) is 10.5. The van der Waals surface area contributed by atoms with E-state index in [1.54, 1.807) is 7.11 Å². The van der Waals surface area contributed by atoms with Crippen molar-refractivity contribution in [1.29, 1.82) is 0 Å². The van der Waals surface area contributed by atoms with Crippen LogP contribution in [-0.4, -0.2) is 83.5 Å². The Labute approximate surface area is 192 Å². The summed E-state index contributed by atoms with van der Waals surface area (Å²) in [6.45, 7) is 11.6. The molecule has 0 aromatic heterocycles. The molecule has 0 saturated carbocycles. The second kappa shape index (κ2) is 13.1. The number of aliphatic imine (C=N–C) groups is 1. The number of nitrogens with zero attached hydrogens (tertiary/aromatic N) is 3. The number of para-hydroxylation sites is 2. The van der Waals surface area contributed by atoms with E-state index in [0.717, 1.165) is 83.7 Å². The van der Waals surface area contributed by atoms with Crippen LogP contribution in [0.25, 0.3) is 0 Å². The molecule has 8 heteroatoms. The van der Waals surface area contributed by atoms with Gasteiger partial charge in [-0.25, -0.2) is 0 Å². The highest BCUT2D eigenvalue weighted by Crippen LogP contribution is 2.31. The van der Waals surface area contributed by atoms with E-state index in [9.17, 15) is 0 Å². The lowest BCUT2D eigenvalue weighted by Gasteiger charge is -2.26. The van der Waals surface area contributed by atoms with Crippen molar-refractivity contribution in [3.8, 4) is 5.75 Å². The van der Waals surface area contributed by atoms with Gasteiger partial charge in [-0.3, -0.25) is 9.89 Å². The van der Waals surface area contributed by atoms with E-state index in [1.807, 2.05) is 12.1 Å². The van der Waals surface area contributed by atoms with Crippen LogP contribution in [0.5, 0.6) is 5.75 Å². The first-order valence-corrected chi connectivity index (χ1v) is 10.5. The predicted octanol–water partition coefficient (Wildman–Crippen LogP) is 2.03. The predicted molar refractivity (Wildman–Crippen MR) is 130 cm³/mol. The van der Waals surface area contributed by atoms with Crippen LogP contribution in [0.4, 0.5) is 5.69 Å². The normalized spacial score (nSPS) is 20.3. The zero-order chi connectivity index (χ0) is 19.6. The molecule has 1 aromatic rings. The second-order valence-electron chi connectivity index (χ2n) is 7.37. The molecule has 29 heavy (non-hydrogen) atoms. The molecule has 2 fully saturated rings. The number of anilines is 1. The Hall–Kier alpha value is -1.26. The molecule has 2 heterocycles. The number of guanidine groups is 1. The van der Waals surface area contributed by atoms with Gasteiger partial charge in [0.1, 0.15) is 5.75 Å². The monoisotopic (exact) mass is 517 g/mol. The van der Waals surface area contributed by atoms with Crippen LogP contribution < -0.4 is 20.3 Å². The zero-order valence-corrected chi connectivity index (χ0v) is 20.1. The summed E-state index contributed by atoms with van der Waals surface area (Å²) in [4.78, 5) is 9.69. The number of hydrogen-bond acceptors (Lipinski definition) is 5. The quantitative estimate of drug-likeness (QED) is 0.313. The number of morpholine rings is 1. The highest BCUT2D eigenvalue weighted by molar-refractivity contribution is 14.0. The number of nitrogens with one attached hydrogen (secondary N) is 2. The molecule has 1 atom stereocenters. The van der Waals surface area contributed by atoms with Gasteiger partial charge in [-0.2, -0.15) is 0 Å². The number of halogens is 1. The second-order valence-corrected chi connectivity index (χ2v) is 7.37. The maximum Gasteiger partial charge on any atom is 0.191 e. The maximum absolute atomic E-state index is 5.52. The Morgan fingerprint density at radius 2 is 2.00 bits per heavy atom. The lowest BCUT2D eigenvalue weighted by atomic mass is 10.1. The summed E-state index contributed by atoms with van der Waals surface area (Å²) in [5, 5.41) is 6.84. The average Bonchev–Trinajstić information content (AvgIpc) is 3.21. The Kier molecular flexibility index (Phi) is 10.9. The fourth-order valence-electron chi connectivity index (χ4n) is 3.81. The van der Waals surface area contributed by atoms with Gasteiger partial charge in [-0.1, -0.05) is 12.1 Å². The van der Waals surface area contributed by atoms with Crippen LogP contribution in [0.15, 0.2) is 29.3 Å². The number of rotatable bonds is 8. The maximum atomic E-state index is 5.52. The highest BCUT2D eigenvalue weighted by Gasteiger charge is 2.24. The van der Waals surface area contributed by atoms with Gasteiger partial charge in [-0.05, 0) is 31.4 Å². The molecule has 0 bridgehead atoms. The molecule has 1 aromatic carbocycles. The molecule has 0 amide bonds. The Bertz CT molecular complexity index is 625. The molecular formula is C21H36IN5O2. The SMILES string of the molecule is CCNC(=NCC1CCN(c2ccccc2OC)C1)NCCN1CCOCC1.I. The van der Waals surface area contributed by atoms with Gasteiger partial charge >= 0.3 is 0 Å². The fraction of sp³-hybridized carbons (Fsp3) is 0.667. The molecule has 0 aliphatic carbocycles. The molecule has 2 aliphatic heterocycles. The molecule has 1 unspecified atom stereocenters. The number of ether oxygens (including phenoxy) is 2. The number of benzene rings is 1. The first kappa shape index (κ1) is 24.0. The minimum absolute atomic E-state index is 0. The van der Waals surface area contributed by atoms with Crippen molar-refractivity contribution >= 4 is 35.6 Å². The summed E-state index contributed by atoms with van der Waals surface area (Å²) < 4.78 is 10.9. The van der Waals surface area contributed by atoms with Crippen molar-refractivity contribution in [1.82, 2.24) is 15.5 Å². The third kappa shape index (κ3) is 7.49. The summed E-state index contributed by atoms with van der Waals surface area (Å²) in [6, 6.07) is 8.26. The van der Waals surface area contributed by atoms with E-state index in [2.05, 4.69) is 39.5 Å². The van der Waals surface area contributed by atoms with E-state index < -0.39 is 0 Å². The summed E-state index contributed by atoms with van der Waals surface area (Å²) in [6.07, 6.45) is 1.16. The van der Waals surface area contributed by atoms with E-state index in [-0.39, 0.29) is 24.0 Å². The van der Waals surface area contributed by atoms with Crippen LogP contribution in [0, 0.1) is 5.92 Å². The molecule has 0 radical (unpaired) electrons. The van der Waals surface area contributed by atoms with Crippen LogP contribution >= 0.6 is 24.0 Å². The van der Waals surface area contributed by atoms with E-state index in [4.69, 9.17) is 14.5 Å². The topological polar surface area (TPSA) is 61.4 Å². The standard InChI is InChI=1S/C21H35N5O2.HI/c1-3-22-21(23-9-11-25-12-14-28-15-13-25)24-16-18-8-10-26(17-18)19-6-4-5-7-20(19)27-2;/h4-7,18H,3,8-17H2,1-2H3,(H2,22,23,24);1H. The Morgan fingerprint density at radius 3 is 2.76 bits per heavy atom. The molecule has 3 rings (SSSR count). The number of methoxy groups -OCH3 is 1. The van der Waals surface area contributed by atoms with Crippen LogP contribution in [0.2, 0.25) is 0 Å². The summed E-state index contributed by atoms with van der Waals surface area (Å²) in [5.74, 6) is 2.44. The molecule has 0 spiro atoms. The van der Waals surface area contributed by atoms with Gasteiger partial charge in [0.2, 0.25) is 0 Å². The zero-order valence-electron chi connectivity index (χ0n) is 17.7. The fourth-order valence-corrected chi connectivity index (χ4v) is 3.81. The first-order chi connectivity index (χ1) is 13.8. The average molecular weight is 517 g/mol. The third-order valence-electron chi connectivity index (χ3n) is 5.39. The van der Waals surface area contributed by atoms with E-state index >= 15 is 0 Å². The molecule has 7 nitrogen and oxygen atoms in total. The van der Waals surface area contributed by atoms with E-state index in [0.29, 0.717) is 5.92 Å². The van der Waals surface area contributed by atoms with Crippen LogP contribution in [0.1, 0.15) is 13.3 Å². The third-order valence-corrected chi connectivity index (χ3v) is 5.39. The smallest absolute Gasteiger partial charge is 0.191 e. The summed E-state index contributed by atoms with van der Waals surface area (Å²) >= 11 is 0. The van der Waals surface area contributed by atoms with Gasteiger partial charge in [0, 0.05) is 52.4 Å². The van der Waals surface area contributed by atoms with Crippen molar-refractivity contribution < 1.29 is 9.47 Å². The molecule has 2 saturated heterocycles. The largest absolute Gasteiger partial charge is 0.495 e. The van der Waals surface area contributed by atoms with Crippen molar-refractivity contribution in [2.75, 3.05) is 77.6 Å². The van der Waals surface area contributed by atoms with Gasteiger partial charge in [0.25, 0.3) is 0 Å². The van der Waals surface area contributed by atoms with Crippen LogP contribution in [-0.2, 0) is 4.74 Å². The Balaban J connectivity index is 0.00000300. The molecular weight excluding hydrogens is 481 g/mol. The molecule has 2 N–H and O–H groups in total. The lowest BCUT2D eigenvalue weighted by Crippen LogP contribution is -2.44. The summed E-state index contributed by atoms with van der Waals surface area (Å²) in [5.41, 5.74) is 1.19. The van der Waals surface area contributed by atoms with E-state index in [1.165, 1.54) is 5.69 Å². The minimum Gasteiger partial charge on any atom is -0.495 e. The highest BCUT2D eigenvalue weighted by atomic mass is 127. The van der Waals surface area contributed by atoms with Crippen molar-refractivity contribution in [2.45, 2.75) is 13.3 Å². The van der Waals surface area contributed by atoms with Crippen molar-refractivity contribution in [3.05, 3.63) is 24.3 Å². The van der Waals surface area contributed by atoms with Crippen LogP contribution in [0.3, 0.4) is 0 Å².